The lowest BCUT2D eigenvalue weighted by Crippen LogP contribution is -2.29. The molecule has 3 heteroatoms. The van der Waals surface area contributed by atoms with Gasteiger partial charge >= 0.3 is 0 Å². The van der Waals surface area contributed by atoms with Crippen LogP contribution < -0.4 is 0 Å². The molecule has 0 spiro atoms. The molecule has 0 saturated carbocycles. The van der Waals surface area contributed by atoms with E-state index in [1.165, 1.54) is 4.90 Å². The molecule has 94 valence electrons. The van der Waals surface area contributed by atoms with Gasteiger partial charge in [-0.3, -0.25) is 14.5 Å². The van der Waals surface area contributed by atoms with Gasteiger partial charge in [-0.2, -0.15) is 0 Å². The molecule has 0 fully saturated rings. The Morgan fingerprint density at radius 2 is 1.78 bits per heavy atom. The van der Waals surface area contributed by atoms with Crippen molar-refractivity contribution in [1.29, 1.82) is 0 Å². The largest absolute Gasteiger partial charge is 0.270 e. The molecule has 0 aromatic heterocycles. The van der Waals surface area contributed by atoms with Crippen molar-refractivity contribution >= 4 is 11.8 Å². The molecule has 2 amide bonds. The molecule has 0 radical (unpaired) electrons. The van der Waals surface area contributed by atoms with Crippen molar-refractivity contribution in [2.45, 2.75) is 26.2 Å². The molecule has 18 heavy (non-hydrogen) atoms. The maximum atomic E-state index is 12.1. The van der Waals surface area contributed by atoms with E-state index in [2.05, 4.69) is 27.4 Å². The van der Waals surface area contributed by atoms with Crippen LogP contribution in [-0.4, -0.2) is 23.3 Å². The summed E-state index contributed by atoms with van der Waals surface area (Å²) in [4.78, 5) is 25.4. The quantitative estimate of drug-likeness (QED) is 0.591. The lowest BCUT2D eigenvalue weighted by atomic mass is 9.85. The zero-order chi connectivity index (χ0) is 13.5. The number of carbonyl (C=O) groups is 2. The van der Waals surface area contributed by atoms with E-state index in [1.807, 2.05) is 12.1 Å². The number of benzene rings is 1. The van der Waals surface area contributed by atoms with Gasteiger partial charge in [0.05, 0.1) is 11.1 Å². The second kappa shape index (κ2) is 4.09. The van der Waals surface area contributed by atoms with Crippen LogP contribution in [0.15, 0.2) is 30.9 Å². The average molecular weight is 243 g/mol. The average Bonchev–Trinajstić information content (AvgIpc) is 2.53. The van der Waals surface area contributed by atoms with E-state index in [9.17, 15) is 9.59 Å². The lowest BCUT2D eigenvalue weighted by molar-refractivity contribution is 0.0672. The van der Waals surface area contributed by atoms with Gasteiger partial charge in [0.25, 0.3) is 11.8 Å². The summed E-state index contributed by atoms with van der Waals surface area (Å²) in [6.07, 6.45) is 1.56. The smallest absolute Gasteiger partial charge is 0.261 e. The summed E-state index contributed by atoms with van der Waals surface area (Å²) in [5, 5.41) is 0. The van der Waals surface area contributed by atoms with Gasteiger partial charge in [-0.05, 0) is 23.1 Å². The monoisotopic (exact) mass is 243 g/mol. The van der Waals surface area contributed by atoms with E-state index in [-0.39, 0.29) is 23.8 Å². The third-order valence-corrected chi connectivity index (χ3v) is 3.15. The fraction of sp³-hybridized carbons (Fsp3) is 0.333. The minimum absolute atomic E-state index is 0.0375. The number of rotatable bonds is 2. The molecule has 0 bridgehead atoms. The predicted molar refractivity (Wildman–Crippen MR) is 70.7 cm³/mol. The van der Waals surface area contributed by atoms with E-state index < -0.39 is 0 Å². The Balaban J connectivity index is 2.49. The molecule has 0 saturated heterocycles. The van der Waals surface area contributed by atoms with Gasteiger partial charge in [-0.15, -0.1) is 6.58 Å². The summed E-state index contributed by atoms with van der Waals surface area (Å²) in [6, 6.07) is 5.50. The van der Waals surface area contributed by atoms with Crippen LogP contribution in [0.2, 0.25) is 0 Å². The number of fused-ring (bicyclic) bond motifs is 1. The van der Waals surface area contributed by atoms with E-state index in [0.717, 1.165) is 5.56 Å². The molecule has 0 unspecified atom stereocenters. The Morgan fingerprint density at radius 1 is 1.17 bits per heavy atom. The van der Waals surface area contributed by atoms with Crippen LogP contribution in [0.25, 0.3) is 0 Å². The minimum atomic E-state index is -0.227. The molecule has 2 rings (SSSR count). The summed E-state index contributed by atoms with van der Waals surface area (Å²) in [5.74, 6) is -0.448. The molecule has 1 heterocycles. The van der Waals surface area contributed by atoms with Gasteiger partial charge in [0.15, 0.2) is 0 Å². The Morgan fingerprint density at radius 3 is 2.33 bits per heavy atom. The number of hydrogen-bond donors (Lipinski definition) is 0. The molecule has 1 aliphatic rings. The number of imide groups is 1. The van der Waals surface area contributed by atoms with Crippen LogP contribution in [0.3, 0.4) is 0 Å². The van der Waals surface area contributed by atoms with E-state index in [0.29, 0.717) is 11.1 Å². The highest BCUT2D eigenvalue weighted by Crippen LogP contribution is 2.29. The normalized spacial score (nSPS) is 14.9. The van der Waals surface area contributed by atoms with Crippen molar-refractivity contribution in [3.8, 4) is 0 Å². The topological polar surface area (TPSA) is 37.4 Å². The second-order valence-electron chi connectivity index (χ2n) is 5.52. The Labute approximate surface area is 107 Å². The zero-order valence-corrected chi connectivity index (χ0v) is 11.0. The number of amides is 2. The van der Waals surface area contributed by atoms with E-state index in [1.54, 1.807) is 12.1 Å². The Hall–Kier alpha value is -1.90. The molecule has 0 aliphatic carbocycles. The molecule has 1 aromatic rings. The van der Waals surface area contributed by atoms with Crippen LogP contribution in [-0.2, 0) is 5.41 Å². The maximum Gasteiger partial charge on any atom is 0.261 e. The van der Waals surface area contributed by atoms with Crippen LogP contribution >= 0.6 is 0 Å². The third-order valence-electron chi connectivity index (χ3n) is 3.15. The van der Waals surface area contributed by atoms with Gasteiger partial charge in [-0.25, -0.2) is 0 Å². The number of nitrogens with zero attached hydrogens (tertiary/aromatic N) is 1. The van der Waals surface area contributed by atoms with Crippen LogP contribution in [0, 0.1) is 0 Å². The number of carbonyl (C=O) groups excluding carboxylic acids is 2. The minimum Gasteiger partial charge on any atom is -0.270 e. The molecule has 1 aliphatic heterocycles. The first-order chi connectivity index (χ1) is 8.36. The van der Waals surface area contributed by atoms with Crippen LogP contribution in [0.1, 0.15) is 47.1 Å². The summed E-state index contributed by atoms with van der Waals surface area (Å²) in [6.45, 7) is 10.1. The third kappa shape index (κ3) is 1.86. The van der Waals surface area contributed by atoms with Gasteiger partial charge in [0, 0.05) is 6.54 Å². The molecule has 0 N–H and O–H groups in total. The highest BCUT2D eigenvalue weighted by Gasteiger charge is 2.35. The fourth-order valence-corrected chi connectivity index (χ4v) is 2.05. The van der Waals surface area contributed by atoms with Crippen molar-refractivity contribution in [2.75, 3.05) is 6.54 Å². The molecule has 0 atom stereocenters. The summed E-state index contributed by atoms with van der Waals surface area (Å²) in [5.41, 5.74) is 2.02. The first-order valence-electron chi connectivity index (χ1n) is 5.98. The maximum absolute atomic E-state index is 12.1. The molecular weight excluding hydrogens is 226 g/mol. The van der Waals surface area contributed by atoms with Crippen molar-refractivity contribution in [1.82, 2.24) is 4.90 Å². The van der Waals surface area contributed by atoms with Crippen LogP contribution in [0.4, 0.5) is 0 Å². The van der Waals surface area contributed by atoms with Crippen LogP contribution in [0.5, 0.6) is 0 Å². The summed E-state index contributed by atoms with van der Waals surface area (Å²) in [7, 11) is 0. The highest BCUT2D eigenvalue weighted by molar-refractivity contribution is 6.21. The van der Waals surface area contributed by atoms with Gasteiger partial charge < -0.3 is 0 Å². The van der Waals surface area contributed by atoms with Crippen molar-refractivity contribution in [2.24, 2.45) is 0 Å². The Kier molecular flexibility index (Phi) is 2.85. The van der Waals surface area contributed by atoms with Crippen molar-refractivity contribution < 1.29 is 9.59 Å². The number of hydrogen-bond acceptors (Lipinski definition) is 2. The zero-order valence-electron chi connectivity index (χ0n) is 11.0. The van der Waals surface area contributed by atoms with Gasteiger partial charge in [0.2, 0.25) is 0 Å². The fourth-order valence-electron chi connectivity index (χ4n) is 2.05. The Bertz CT molecular complexity index is 538. The highest BCUT2D eigenvalue weighted by atomic mass is 16.2. The van der Waals surface area contributed by atoms with E-state index >= 15 is 0 Å². The SMILES string of the molecule is C=CCN1C(=O)c2ccc(C(C)(C)C)cc2C1=O. The van der Waals surface area contributed by atoms with Crippen molar-refractivity contribution in [3.63, 3.8) is 0 Å². The second-order valence-corrected chi connectivity index (χ2v) is 5.52. The van der Waals surface area contributed by atoms with Crippen molar-refractivity contribution in [3.05, 3.63) is 47.5 Å². The van der Waals surface area contributed by atoms with Gasteiger partial charge in [0.1, 0.15) is 0 Å². The lowest BCUT2D eigenvalue weighted by Gasteiger charge is -2.19. The predicted octanol–water partition coefficient (Wildman–Crippen LogP) is 2.77. The molecule has 3 nitrogen and oxygen atoms in total. The van der Waals surface area contributed by atoms with Gasteiger partial charge in [-0.1, -0.05) is 32.9 Å². The van der Waals surface area contributed by atoms with E-state index in [4.69, 9.17) is 0 Å². The molecule has 1 aromatic carbocycles. The first-order valence-corrected chi connectivity index (χ1v) is 5.98. The summed E-state index contributed by atoms with van der Waals surface area (Å²) >= 11 is 0. The first kappa shape index (κ1) is 12.6. The summed E-state index contributed by atoms with van der Waals surface area (Å²) < 4.78 is 0. The standard InChI is InChI=1S/C15H17NO2/c1-5-8-16-13(17)11-7-6-10(15(2,3)4)9-12(11)14(16)18/h5-7,9H,1,8H2,2-4H3. The molecular formula is C15H17NO2.